The Morgan fingerprint density at radius 1 is 0.710 bits per heavy atom. The van der Waals surface area contributed by atoms with Crippen LogP contribution in [0.3, 0.4) is 0 Å². The van der Waals surface area contributed by atoms with Crippen LogP contribution in [-0.2, 0) is 20.0 Å². The van der Waals surface area contributed by atoms with Crippen molar-refractivity contribution in [2.75, 3.05) is 0 Å². The Bertz CT molecular complexity index is 529. The fourth-order valence-electron chi connectivity index (χ4n) is 3.14. The van der Waals surface area contributed by atoms with E-state index in [1.165, 1.54) is 96.3 Å². The lowest BCUT2D eigenvalue weighted by Gasteiger charge is -2.03. The normalized spacial score (nSPS) is 10.8. The van der Waals surface area contributed by atoms with Gasteiger partial charge in [0.1, 0.15) is 0 Å². The third-order valence-electron chi connectivity index (χ3n) is 4.74. The number of unbranched alkanes of at least 4 members (excludes halogenated alkanes) is 16. The van der Waals surface area contributed by atoms with E-state index in [1.807, 2.05) is 0 Å². The number of oxime groups is 1. The zero-order valence-corrected chi connectivity index (χ0v) is 20.1. The first kappa shape index (κ1) is 31.8. The lowest BCUT2D eigenvalue weighted by molar-refractivity contribution is -0.143. The molecule has 0 aromatic carbocycles. The fourth-order valence-corrected chi connectivity index (χ4v) is 3.14. The van der Waals surface area contributed by atoms with Gasteiger partial charge in [0, 0.05) is 6.42 Å². The fraction of sp³-hybridized carbons (Fsp3) is 0.905. The van der Waals surface area contributed by atoms with Gasteiger partial charge < -0.3 is 16.3 Å². The van der Waals surface area contributed by atoms with E-state index in [-0.39, 0.29) is 11.9 Å². The molecule has 10 heteroatoms. The third-order valence-corrected chi connectivity index (χ3v) is 4.74. The van der Waals surface area contributed by atoms with Gasteiger partial charge in [-0.05, 0) is 11.6 Å². The van der Waals surface area contributed by atoms with Crippen LogP contribution >= 0.6 is 0 Å². The average Bonchev–Trinajstić information content (AvgIpc) is 2.67. The second-order valence-electron chi connectivity index (χ2n) is 7.83. The van der Waals surface area contributed by atoms with E-state index >= 15 is 0 Å². The van der Waals surface area contributed by atoms with Crippen LogP contribution in [0.25, 0.3) is 0 Å². The molecular formula is C21H45N3O6S. The number of nitrogens with two attached hydrogens (primary N) is 2. The molecule has 0 aliphatic carbocycles. The molecule has 6 N–H and O–H groups in total. The van der Waals surface area contributed by atoms with Crippen LogP contribution in [0.15, 0.2) is 5.16 Å². The van der Waals surface area contributed by atoms with Gasteiger partial charge in [0.15, 0.2) is 0 Å². The molecule has 0 spiro atoms. The maximum atomic E-state index is 11.3. The average molecular weight is 468 g/mol. The first-order valence-corrected chi connectivity index (χ1v) is 13.0. The van der Waals surface area contributed by atoms with E-state index in [4.69, 9.17) is 29.0 Å². The van der Waals surface area contributed by atoms with Crippen molar-refractivity contribution >= 4 is 22.3 Å². The molecule has 9 nitrogen and oxygen atoms in total. The first-order chi connectivity index (χ1) is 14.7. The van der Waals surface area contributed by atoms with Crippen LogP contribution in [0.5, 0.6) is 0 Å². The minimum absolute atomic E-state index is 0.222. The summed E-state index contributed by atoms with van der Waals surface area (Å²) in [5, 5.41) is 3.24. The molecule has 0 fully saturated rings. The molecule has 0 aliphatic heterocycles. The van der Waals surface area contributed by atoms with Gasteiger partial charge >= 0.3 is 16.4 Å². The highest BCUT2D eigenvalue weighted by Gasteiger charge is 2.02. The maximum Gasteiger partial charge on any atom is 0.394 e. The standard InChI is InChI=1S/C21H43N3O2.H2O4S/c1-2-3-4-5-6-7-8-9-10-11-12-13-14-15-16-17-18-19-20(25)26-24-21(22)23;1-5(2,3)4/h2-19H2,1H3,(H4,22,23,24);(H2,1,2,3,4). The van der Waals surface area contributed by atoms with Gasteiger partial charge in [-0.2, -0.15) is 8.42 Å². The minimum atomic E-state index is -4.67. The van der Waals surface area contributed by atoms with Gasteiger partial charge in [-0.15, -0.1) is 0 Å². The van der Waals surface area contributed by atoms with Gasteiger partial charge in [0.2, 0.25) is 5.96 Å². The van der Waals surface area contributed by atoms with Gasteiger partial charge in [-0.3, -0.25) is 9.11 Å². The lowest BCUT2D eigenvalue weighted by atomic mass is 10.0. The number of guanidine groups is 1. The SMILES string of the molecule is CCCCCCCCCCCCCCCCCCCC(=O)ON=C(N)N.O=S(=O)(O)O. The highest BCUT2D eigenvalue weighted by atomic mass is 32.3. The van der Waals surface area contributed by atoms with Gasteiger partial charge in [-0.25, -0.2) is 4.79 Å². The molecule has 186 valence electrons. The zero-order valence-electron chi connectivity index (χ0n) is 19.3. The molecule has 0 aliphatic rings. The zero-order chi connectivity index (χ0) is 23.8. The highest BCUT2D eigenvalue weighted by Crippen LogP contribution is 2.14. The number of nitrogens with zero attached hydrogens (tertiary/aromatic N) is 1. The van der Waals surface area contributed by atoms with Crippen LogP contribution in [0.4, 0.5) is 0 Å². The Balaban J connectivity index is 0. The van der Waals surface area contributed by atoms with Crippen molar-refractivity contribution < 1.29 is 27.2 Å². The van der Waals surface area contributed by atoms with Crippen LogP contribution < -0.4 is 11.5 Å². The second kappa shape index (κ2) is 23.3. The molecule has 0 saturated heterocycles. The van der Waals surface area contributed by atoms with Crippen LogP contribution in [0, 0.1) is 0 Å². The molecular weight excluding hydrogens is 422 g/mol. The van der Waals surface area contributed by atoms with Crippen LogP contribution in [0.2, 0.25) is 0 Å². The Morgan fingerprint density at radius 2 is 1.00 bits per heavy atom. The quantitative estimate of drug-likeness (QED) is 0.0508. The van der Waals surface area contributed by atoms with E-state index in [9.17, 15) is 4.79 Å². The number of carbonyl (C=O) groups excluding carboxylic acids is 1. The predicted octanol–water partition coefficient (Wildman–Crippen LogP) is 5.11. The van der Waals surface area contributed by atoms with Crippen molar-refractivity contribution in [3.05, 3.63) is 0 Å². The molecule has 0 saturated carbocycles. The summed E-state index contributed by atoms with van der Waals surface area (Å²) in [4.78, 5) is 15.8. The van der Waals surface area contributed by atoms with E-state index in [0.29, 0.717) is 6.42 Å². The second-order valence-corrected chi connectivity index (χ2v) is 8.73. The van der Waals surface area contributed by atoms with Crippen molar-refractivity contribution in [3.63, 3.8) is 0 Å². The van der Waals surface area contributed by atoms with E-state index in [2.05, 4.69) is 16.9 Å². The summed E-state index contributed by atoms with van der Waals surface area (Å²) in [7, 11) is -4.67. The maximum absolute atomic E-state index is 11.3. The molecule has 0 amide bonds. The van der Waals surface area contributed by atoms with Crippen molar-refractivity contribution in [2.24, 2.45) is 16.6 Å². The summed E-state index contributed by atoms with van der Waals surface area (Å²) in [6.07, 6.45) is 22.9. The summed E-state index contributed by atoms with van der Waals surface area (Å²) < 4.78 is 31.6. The molecule has 0 bridgehead atoms. The Kier molecular flexibility index (Phi) is 23.9. The van der Waals surface area contributed by atoms with Crippen molar-refractivity contribution in [2.45, 2.75) is 122 Å². The summed E-state index contributed by atoms with van der Waals surface area (Å²) in [5.74, 6) is -0.583. The van der Waals surface area contributed by atoms with E-state index in [1.54, 1.807) is 0 Å². The largest absolute Gasteiger partial charge is 0.394 e. The predicted molar refractivity (Wildman–Crippen MR) is 125 cm³/mol. The molecule has 31 heavy (non-hydrogen) atoms. The van der Waals surface area contributed by atoms with Gasteiger partial charge in [0.05, 0.1) is 0 Å². The van der Waals surface area contributed by atoms with Crippen molar-refractivity contribution in [1.82, 2.24) is 0 Å². The highest BCUT2D eigenvalue weighted by molar-refractivity contribution is 7.79. The van der Waals surface area contributed by atoms with Crippen LogP contribution in [0.1, 0.15) is 122 Å². The summed E-state index contributed by atoms with van der Waals surface area (Å²) in [6.45, 7) is 2.27. The topological polar surface area (TPSA) is 165 Å². The molecule has 0 atom stereocenters. The Hall–Kier alpha value is -1.39. The monoisotopic (exact) mass is 467 g/mol. The van der Waals surface area contributed by atoms with Crippen molar-refractivity contribution in [3.8, 4) is 0 Å². The summed E-state index contributed by atoms with van der Waals surface area (Å²) in [5.41, 5.74) is 10.2. The molecule has 0 heterocycles. The smallest absolute Gasteiger partial charge is 0.367 e. The van der Waals surface area contributed by atoms with Gasteiger partial charge in [-0.1, -0.05) is 110 Å². The molecule has 0 radical (unpaired) electrons. The Morgan fingerprint density at radius 3 is 1.29 bits per heavy atom. The van der Waals surface area contributed by atoms with Crippen molar-refractivity contribution in [1.29, 1.82) is 0 Å². The van der Waals surface area contributed by atoms with E-state index < -0.39 is 10.4 Å². The first-order valence-electron chi connectivity index (χ1n) is 11.7. The Labute approximate surface area is 188 Å². The third kappa shape index (κ3) is 39.6. The van der Waals surface area contributed by atoms with E-state index in [0.717, 1.165) is 12.8 Å². The number of carbonyl (C=O) groups is 1. The summed E-state index contributed by atoms with van der Waals surface area (Å²) in [6, 6.07) is 0. The number of hydrogen-bond donors (Lipinski definition) is 4. The molecule has 0 unspecified atom stereocenters. The summed E-state index contributed by atoms with van der Waals surface area (Å²) >= 11 is 0. The molecule has 0 rings (SSSR count). The number of hydrogen-bond acceptors (Lipinski definition) is 5. The van der Waals surface area contributed by atoms with Gasteiger partial charge in [0.25, 0.3) is 0 Å². The van der Waals surface area contributed by atoms with Crippen LogP contribution in [-0.4, -0.2) is 29.5 Å². The minimum Gasteiger partial charge on any atom is -0.367 e. The lowest BCUT2D eigenvalue weighted by Crippen LogP contribution is -2.23. The molecule has 0 aromatic rings. The number of rotatable bonds is 19. The molecule has 0 aromatic heterocycles.